The number of likely N-dealkylation sites (tertiary alicyclic amines) is 1. The molecule has 1 saturated heterocycles. The first kappa shape index (κ1) is 13.4. The maximum Gasteiger partial charge on any atom is 0.257 e. The normalized spacial score (nSPS) is 19.9. The number of aromatic hydroxyl groups is 1. The Balaban J connectivity index is 2.17. The zero-order valence-electron chi connectivity index (χ0n) is 10.5. The minimum atomic E-state index is -0.0538. The summed E-state index contributed by atoms with van der Waals surface area (Å²) in [7, 11) is 0. The Labute approximate surface area is 116 Å². The largest absolute Gasteiger partial charge is 0.507 e. The average Bonchev–Trinajstić information content (AvgIpc) is 2.41. The molecule has 1 N–H and O–H groups in total. The molecule has 1 heterocycles. The summed E-state index contributed by atoms with van der Waals surface area (Å²) in [5.74, 6) is 0.545. The molecule has 0 spiro atoms. The van der Waals surface area contributed by atoms with E-state index in [9.17, 15) is 9.90 Å². The molecule has 4 heteroatoms. The zero-order valence-corrected chi connectivity index (χ0v) is 12.1. The van der Waals surface area contributed by atoms with Gasteiger partial charge in [0.15, 0.2) is 0 Å². The van der Waals surface area contributed by atoms with E-state index < -0.39 is 0 Å². The van der Waals surface area contributed by atoms with E-state index in [0.717, 1.165) is 36.8 Å². The van der Waals surface area contributed by atoms with Gasteiger partial charge in [0.2, 0.25) is 0 Å². The van der Waals surface area contributed by atoms with Gasteiger partial charge < -0.3 is 10.0 Å². The van der Waals surface area contributed by atoms with Crippen LogP contribution in [0.4, 0.5) is 0 Å². The van der Waals surface area contributed by atoms with Gasteiger partial charge in [-0.05, 0) is 37.8 Å². The van der Waals surface area contributed by atoms with E-state index in [4.69, 9.17) is 0 Å². The number of hydrogen-bond acceptors (Lipinski definition) is 2. The fourth-order valence-electron chi connectivity index (χ4n) is 2.37. The van der Waals surface area contributed by atoms with Gasteiger partial charge in [-0.15, -0.1) is 0 Å². The second-order valence-electron chi connectivity index (χ2n) is 4.93. The fraction of sp³-hybridized carbons (Fsp3) is 0.500. The molecule has 1 amide bonds. The SMILES string of the molecule is Cc1ccc(O)c(C(=O)N2CCCC(CBr)C2)c1. The van der Waals surface area contributed by atoms with Crippen molar-refractivity contribution < 1.29 is 9.90 Å². The second kappa shape index (κ2) is 5.74. The van der Waals surface area contributed by atoms with Crippen LogP contribution < -0.4 is 0 Å². The highest BCUT2D eigenvalue weighted by atomic mass is 79.9. The van der Waals surface area contributed by atoms with Gasteiger partial charge in [-0.25, -0.2) is 0 Å². The van der Waals surface area contributed by atoms with Crippen molar-refractivity contribution in [2.45, 2.75) is 19.8 Å². The number of halogens is 1. The first-order valence-corrected chi connectivity index (χ1v) is 7.39. The summed E-state index contributed by atoms with van der Waals surface area (Å²) in [5.41, 5.74) is 1.41. The maximum absolute atomic E-state index is 12.4. The number of amides is 1. The van der Waals surface area contributed by atoms with Gasteiger partial charge in [0.25, 0.3) is 5.91 Å². The molecule has 0 radical (unpaired) electrons. The average molecular weight is 312 g/mol. The van der Waals surface area contributed by atoms with Crippen LogP contribution in [0, 0.1) is 12.8 Å². The van der Waals surface area contributed by atoms with E-state index in [1.165, 1.54) is 0 Å². The van der Waals surface area contributed by atoms with Crippen molar-refractivity contribution >= 4 is 21.8 Å². The minimum absolute atomic E-state index is 0.0538. The van der Waals surface area contributed by atoms with Crippen LogP contribution in [0.25, 0.3) is 0 Å². The summed E-state index contributed by atoms with van der Waals surface area (Å²) in [5, 5.41) is 10.7. The van der Waals surface area contributed by atoms with Gasteiger partial charge in [-0.1, -0.05) is 27.6 Å². The number of phenols is 1. The molecule has 1 fully saturated rings. The molecule has 1 aliphatic heterocycles. The summed E-state index contributed by atoms with van der Waals surface area (Å²) >= 11 is 3.48. The molecule has 0 aromatic heterocycles. The van der Waals surface area contributed by atoms with E-state index in [0.29, 0.717) is 11.5 Å². The highest BCUT2D eigenvalue weighted by Gasteiger charge is 2.25. The third kappa shape index (κ3) is 2.86. The number of piperidine rings is 1. The van der Waals surface area contributed by atoms with Crippen LogP contribution in [0.15, 0.2) is 18.2 Å². The van der Waals surface area contributed by atoms with E-state index in [1.807, 2.05) is 17.9 Å². The molecule has 1 aliphatic rings. The molecule has 1 aromatic rings. The molecule has 1 unspecified atom stereocenters. The standard InChI is InChI=1S/C14H18BrNO2/c1-10-4-5-13(17)12(7-10)14(18)16-6-2-3-11(8-15)9-16/h4-5,7,11,17H,2-3,6,8-9H2,1H3. The van der Waals surface area contributed by atoms with Gasteiger partial charge in [0, 0.05) is 18.4 Å². The Morgan fingerprint density at radius 1 is 1.56 bits per heavy atom. The fourth-order valence-corrected chi connectivity index (χ4v) is 2.90. The number of benzene rings is 1. The van der Waals surface area contributed by atoms with Crippen LogP contribution in [-0.4, -0.2) is 34.3 Å². The third-order valence-electron chi connectivity index (χ3n) is 3.41. The van der Waals surface area contributed by atoms with E-state index >= 15 is 0 Å². The van der Waals surface area contributed by atoms with E-state index in [1.54, 1.807) is 12.1 Å². The van der Waals surface area contributed by atoms with E-state index in [-0.39, 0.29) is 11.7 Å². The van der Waals surface area contributed by atoms with Crippen LogP contribution in [0.5, 0.6) is 5.75 Å². The van der Waals surface area contributed by atoms with Gasteiger partial charge in [-0.2, -0.15) is 0 Å². The molecule has 3 nitrogen and oxygen atoms in total. The molecule has 1 aromatic carbocycles. The number of carbonyl (C=O) groups excluding carboxylic acids is 1. The molecule has 1 atom stereocenters. The number of hydrogen-bond donors (Lipinski definition) is 1. The molecule has 0 saturated carbocycles. The van der Waals surface area contributed by atoms with Crippen molar-refractivity contribution in [1.29, 1.82) is 0 Å². The summed E-state index contributed by atoms with van der Waals surface area (Å²) in [6.45, 7) is 3.49. The van der Waals surface area contributed by atoms with Crippen LogP contribution in [0.2, 0.25) is 0 Å². The van der Waals surface area contributed by atoms with E-state index in [2.05, 4.69) is 15.9 Å². The van der Waals surface area contributed by atoms with Crippen molar-refractivity contribution in [1.82, 2.24) is 4.90 Å². The molecule has 98 valence electrons. The number of phenolic OH excluding ortho intramolecular Hbond substituents is 1. The van der Waals surface area contributed by atoms with Crippen molar-refractivity contribution in [3.05, 3.63) is 29.3 Å². The molecule has 0 aliphatic carbocycles. The Kier molecular flexibility index (Phi) is 4.27. The van der Waals surface area contributed by atoms with Crippen LogP contribution in [0.1, 0.15) is 28.8 Å². The predicted molar refractivity (Wildman–Crippen MR) is 75.3 cm³/mol. The third-order valence-corrected chi connectivity index (χ3v) is 4.32. The number of alkyl halides is 1. The Morgan fingerprint density at radius 3 is 3.06 bits per heavy atom. The number of rotatable bonds is 2. The van der Waals surface area contributed by atoms with Crippen molar-refractivity contribution in [3.8, 4) is 5.75 Å². The van der Waals surface area contributed by atoms with Crippen molar-refractivity contribution in [2.24, 2.45) is 5.92 Å². The Hall–Kier alpha value is -1.03. The van der Waals surface area contributed by atoms with Gasteiger partial charge in [-0.3, -0.25) is 4.79 Å². The predicted octanol–water partition coefficient (Wildman–Crippen LogP) is 2.95. The first-order valence-electron chi connectivity index (χ1n) is 6.26. The lowest BCUT2D eigenvalue weighted by atomic mass is 9.99. The van der Waals surface area contributed by atoms with Gasteiger partial charge in [0.05, 0.1) is 5.56 Å². The molecule has 18 heavy (non-hydrogen) atoms. The molecule has 0 bridgehead atoms. The minimum Gasteiger partial charge on any atom is -0.507 e. The summed E-state index contributed by atoms with van der Waals surface area (Å²) in [6, 6.07) is 5.16. The Morgan fingerprint density at radius 2 is 2.33 bits per heavy atom. The number of aryl methyl sites for hydroxylation is 1. The molecule has 2 rings (SSSR count). The lowest BCUT2D eigenvalue weighted by molar-refractivity contribution is 0.0683. The highest BCUT2D eigenvalue weighted by Crippen LogP contribution is 2.24. The number of nitrogens with zero attached hydrogens (tertiary/aromatic N) is 1. The lowest BCUT2D eigenvalue weighted by Gasteiger charge is -2.32. The van der Waals surface area contributed by atoms with Crippen LogP contribution >= 0.6 is 15.9 Å². The quantitative estimate of drug-likeness (QED) is 0.853. The monoisotopic (exact) mass is 311 g/mol. The molecular formula is C14H18BrNO2. The maximum atomic E-state index is 12.4. The topological polar surface area (TPSA) is 40.5 Å². The highest BCUT2D eigenvalue weighted by molar-refractivity contribution is 9.09. The van der Waals surface area contributed by atoms with Crippen molar-refractivity contribution in [3.63, 3.8) is 0 Å². The van der Waals surface area contributed by atoms with Crippen LogP contribution in [-0.2, 0) is 0 Å². The summed E-state index contributed by atoms with van der Waals surface area (Å²) in [4.78, 5) is 14.2. The van der Waals surface area contributed by atoms with Gasteiger partial charge in [0.1, 0.15) is 5.75 Å². The zero-order chi connectivity index (χ0) is 13.1. The first-order chi connectivity index (χ1) is 8.61. The second-order valence-corrected chi connectivity index (χ2v) is 5.58. The summed E-state index contributed by atoms with van der Waals surface area (Å²) in [6.07, 6.45) is 2.20. The molecular weight excluding hydrogens is 294 g/mol. The van der Waals surface area contributed by atoms with Gasteiger partial charge >= 0.3 is 0 Å². The smallest absolute Gasteiger partial charge is 0.257 e. The Bertz CT molecular complexity index is 447. The number of carbonyl (C=O) groups is 1. The van der Waals surface area contributed by atoms with Crippen LogP contribution in [0.3, 0.4) is 0 Å². The summed E-state index contributed by atoms with van der Waals surface area (Å²) < 4.78 is 0. The lowest BCUT2D eigenvalue weighted by Crippen LogP contribution is -2.40. The van der Waals surface area contributed by atoms with Crippen molar-refractivity contribution in [2.75, 3.05) is 18.4 Å².